The van der Waals surface area contributed by atoms with Crippen LogP contribution in [0.5, 0.6) is 5.75 Å². The van der Waals surface area contributed by atoms with Crippen molar-refractivity contribution in [3.63, 3.8) is 0 Å². The summed E-state index contributed by atoms with van der Waals surface area (Å²) in [6.45, 7) is 3.29. The van der Waals surface area contributed by atoms with Crippen LogP contribution in [0.4, 0.5) is 0 Å². The molecule has 7 heteroatoms. The molecule has 0 radical (unpaired) electrons. The molecule has 0 fully saturated rings. The van der Waals surface area contributed by atoms with Gasteiger partial charge in [-0.25, -0.2) is 0 Å². The van der Waals surface area contributed by atoms with E-state index in [1.807, 2.05) is 13.0 Å². The molecule has 0 N–H and O–H groups in total. The number of methoxy groups -OCH3 is 1. The summed E-state index contributed by atoms with van der Waals surface area (Å²) in [7, 11) is 1.60. The predicted octanol–water partition coefficient (Wildman–Crippen LogP) is 4.95. The normalized spacial score (nSPS) is 10.6. The van der Waals surface area contributed by atoms with Crippen LogP contribution in [0.1, 0.15) is 27.3 Å². The van der Waals surface area contributed by atoms with E-state index in [9.17, 15) is 4.79 Å². The summed E-state index contributed by atoms with van der Waals surface area (Å²) in [5.41, 5.74) is 10.2. The lowest BCUT2D eigenvalue weighted by Crippen LogP contribution is -2.01. The fourth-order valence-electron chi connectivity index (χ4n) is 2.79. The van der Waals surface area contributed by atoms with Crippen LogP contribution in [-0.4, -0.2) is 24.0 Å². The molecule has 6 nitrogen and oxygen atoms in total. The van der Waals surface area contributed by atoms with Gasteiger partial charge in [-0.2, -0.15) is 0 Å². The molecule has 0 saturated heterocycles. The fraction of sp³-hybridized carbons (Fsp3) is 0.278. The first-order valence-electron chi connectivity index (χ1n) is 7.93. The maximum Gasteiger partial charge on any atom is 0.203 e. The first-order chi connectivity index (χ1) is 12.1. The molecule has 2 aromatic heterocycles. The molecule has 25 heavy (non-hydrogen) atoms. The molecule has 0 saturated carbocycles. The molecule has 0 unspecified atom stereocenters. The van der Waals surface area contributed by atoms with Crippen molar-refractivity contribution in [3.05, 3.63) is 63.0 Å². The van der Waals surface area contributed by atoms with Crippen LogP contribution < -0.4 is 4.74 Å². The van der Waals surface area contributed by atoms with Crippen LogP contribution in [0.3, 0.4) is 0 Å². The summed E-state index contributed by atoms with van der Waals surface area (Å²) in [5, 5.41) is 4.65. The second-order valence-electron chi connectivity index (χ2n) is 5.67. The summed E-state index contributed by atoms with van der Waals surface area (Å²) in [4.78, 5) is 17.3. The number of rotatable bonds is 7. The molecule has 0 aliphatic heterocycles. The van der Waals surface area contributed by atoms with Gasteiger partial charge in [0.2, 0.25) is 5.78 Å². The van der Waals surface area contributed by atoms with Gasteiger partial charge in [-0.05, 0) is 55.3 Å². The lowest BCUT2D eigenvalue weighted by Gasteiger charge is -2.05. The number of carbonyl (C=O) groups is 1. The molecule has 0 atom stereocenters. The molecular weight excluding hydrogens is 336 g/mol. The molecule has 0 spiro atoms. The third kappa shape index (κ3) is 3.52. The van der Waals surface area contributed by atoms with Gasteiger partial charge in [0.1, 0.15) is 10.6 Å². The van der Waals surface area contributed by atoms with E-state index < -0.39 is 0 Å². The highest BCUT2D eigenvalue weighted by Gasteiger charge is 2.16. The average molecular weight is 354 g/mol. The lowest BCUT2D eigenvalue weighted by molar-refractivity contribution is 0.104. The quantitative estimate of drug-likeness (QED) is 0.198. The van der Waals surface area contributed by atoms with Gasteiger partial charge in [-0.3, -0.25) is 4.79 Å². The van der Waals surface area contributed by atoms with E-state index in [2.05, 4.69) is 20.7 Å². The van der Waals surface area contributed by atoms with Crippen molar-refractivity contribution >= 4 is 27.3 Å². The van der Waals surface area contributed by atoms with Crippen molar-refractivity contribution in [3.8, 4) is 5.75 Å². The molecule has 128 valence electrons. The summed E-state index contributed by atoms with van der Waals surface area (Å²) < 4.78 is 7.31. The van der Waals surface area contributed by atoms with Crippen LogP contribution in [0, 0.1) is 6.92 Å². The number of nitrogens with zero attached hydrogens (tertiary/aromatic N) is 4. The van der Waals surface area contributed by atoms with Crippen LogP contribution in [0.15, 0.2) is 41.5 Å². The average Bonchev–Trinajstić information content (AvgIpc) is 3.16. The number of carbonyl (C=O) groups excluding carboxylic acids is 1. The van der Waals surface area contributed by atoms with E-state index in [1.54, 1.807) is 31.4 Å². The Balaban J connectivity index is 1.86. The second kappa shape index (κ2) is 7.42. The number of aryl methyl sites for hydroxylation is 2. The Morgan fingerprint density at radius 3 is 2.76 bits per heavy atom. The summed E-state index contributed by atoms with van der Waals surface area (Å²) >= 11 is 1.50. The van der Waals surface area contributed by atoms with Gasteiger partial charge >= 0.3 is 0 Å². The lowest BCUT2D eigenvalue weighted by atomic mass is 10.1. The SMILES string of the molecule is COc1ccc(C(=O)c2cc3cc(C)n(CCCN=[N+]=[N-])c3s2)cc1. The van der Waals surface area contributed by atoms with Crippen molar-refractivity contribution in [2.24, 2.45) is 5.11 Å². The molecule has 0 bridgehead atoms. The molecule has 1 aromatic carbocycles. The van der Waals surface area contributed by atoms with Crippen LogP contribution in [0.2, 0.25) is 0 Å². The fourth-order valence-corrected chi connectivity index (χ4v) is 3.98. The number of hydrogen-bond donors (Lipinski definition) is 0. The van der Waals surface area contributed by atoms with E-state index in [4.69, 9.17) is 10.3 Å². The number of thiophene rings is 1. The van der Waals surface area contributed by atoms with E-state index in [-0.39, 0.29) is 5.78 Å². The Bertz CT molecular complexity index is 950. The molecule has 3 rings (SSSR count). The Morgan fingerprint density at radius 1 is 1.32 bits per heavy atom. The number of fused-ring (bicyclic) bond motifs is 1. The monoisotopic (exact) mass is 354 g/mol. The topological polar surface area (TPSA) is 80.0 Å². The van der Waals surface area contributed by atoms with Crippen molar-refractivity contribution in [2.45, 2.75) is 19.9 Å². The first-order valence-corrected chi connectivity index (χ1v) is 8.75. The molecule has 0 amide bonds. The minimum Gasteiger partial charge on any atom is -0.497 e. The third-order valence-corrected chi connectivity index (χ3v) is 5.23. The molecule has 3 aromatic rings. The van der Waals surface area contributed by atoms with Crippen LogP contribution in [0.25, 0.3) is 20.7 Å². The van der Waals surface area contributed by atoms with E-state index in [1.165, 1.54) is 11.3 Å². The van der Waals surface area contributed by atoms with Crippen molar-refractivity contribution in [1.82, 2.24) is 4.57 Å². The highest BCUT2D eigenvalue weighted by molar-refractivity contribution is 7.20. The Kier molecular flexibility index (Phi) is 5.07. The summed E-state index contributed by atoms with van der Waals surface area (Å²) in [6, 6.07) is 11.2. The van der Waals surface area contributed by atoms with E-state index in [0.29, 0.717) is 12.1 Å². The van der Waals surface area contributed by atoms with E-state index in [0.717, 1.165) is 39.5 Å². The maximum absolute atomic E-state index is 12.7. The van der Waals surface area contributed by atoms with Crippen LogP contribution in [-0.2, 0) is 6.54 Å². The molecule has 0 aliphatic rings. The largest absolute Gasteiger partial charge is 0.497 e. The Hall–Kier alpha value is -2.76. The Labute approximate surface area is 149 Å². The molecular formula is C18H18N4O2S. The van der Waals surface area contributed by atoms with Crippen LogP contribution >= 0.6 is 11.3 Å². The van der Waals surface area contributed by atoms with Crippen molar-refractivity contribution in [1.29, 1.82) is 0 Å². The van der Waals surface area contributed by atoms with Gasteiger partial charge in [0.15, 0.2) is 0 Å². The first kappa shape index (κ1) is 17.1. The van der Waals surface area contributed by atoms with Crippen molar-refractivity contribution in [2.75, 3.05) is 13.7 Å². The van der Waals surface area contributed by atoms with E-state index >= 15 is 0 Å². The number of benzene rings is 1. The number of azide groups is 1. The molecule has 0 aliphatic carbocycles. The predicted molar refractivity (Wildman–Crippen MR) is 99.6 cm³/mol. The number of hydrogen-bond acceptors (Lipinski definition) is 4. The van der Waals surface area contributed by atoms with Gasteiger partial charge in [0.25, 0.3) is 0 Å². The van der Waals surface area contributed by atoms with Gasteiger partial charge in [-0.15, -0.1) is 11.3 Å². The highest BCUT2D eigenvalue weighted by Crippen LogP contribution is 2.31. The summed E-state index contributed by atoms with van der Waals surface area (Å²) in [5.74, 6) is 0.747. The van der Waals surface area contributed by atoms with Gasteiger partial charge in [0.05, 0.1) is 12.0 Å². The zero-order valence-corrected chi connectivity index (χ0v) is 14.9. The number of ketones is 1. The third-order valence-electron chi connectivity index (χ3n) is 4.05. The van der Waals surface area contributed by atoms with Crippen molar-refractivity contribution < 1.29 is 9.53 Å². The maximum atomic E-state index is 12.7. The minimum absolute atomic E-state index is 0.0159. The van der Waals surface area contributed by atoms with Gasteiger partial charge in [0, 0.05) is 34.6 Å². The molecule has 2 heterocycles. The standard InChI is InChI=1S/C18H18N4O2S/c1-12-10-14-11-16(17(23)13-4-6-15(24-2)7-5-13)25-18(14)22(12)9-3-8-20-21-19/h4-7,10-11H,3,8-9H2,1-2H3. The van der Waals surface area contributed by atoms with Gasteiger partial charge in [-0.1, -0.05) is 5.11 Å². The summed E-state index contributed by atoms with van der Waals surface area (Å²) in [6.07, 6.45) is 0.772. The number of ether oxygens (including phenoxy) is 1. The minimum atomic E-state index is 0.0159. The van der Waals surface area contributed by atoms with Gasteiger partial charge < -0.3 is 9.30 Å². The zero-order valence-electron chi connectivity index (χ0n) is 14.1. The highest BCUT2D eigenvalue weighted by atomic mass is 32.1. The second-order valence-corrected chi connectivity index (χ2v) is 6.70. The zero-order chi connectivity index (χ0) is 17.8. The Morgan fingerprint density at radius 2 is 2.08 bits per heavy atom. The number of aromatic nitrogens is 1. The smallest absolute Gasteiger partial charge is 0.203 e.